The molecule has 1 aliphatic heterocycles. The summed E-state index contributed by atoms with van der Waals surface area (Å²) < 4.78 is 10.5. The van der Waals surface area contributed by atoms with Crippen molar-refractivity contribution in [3.8, 4) is 11.5 Å². The molecule has 9 heteroatoms. The van der Waals surface area contributed by atoms with Crippen molar-refractivity contribution in [2.24, 2.45) is 0 Å². The molecule has 1 saturated heterocycles. The van der Waals surface area contributed by atoms with Crippen LogP contribution in [0.1, 0.15) is 5.56 Å². The summed E-state index contributed by atoms with van der Waals surface area (Å²) >= 11 is 6.83. The molecule has 0 radical (unpaired) electrons. The molecule has 0 saturated carbocycles. The summed E-state index contributed by atoms with van der Waals surface area (Å²) in [5.74, 6) is 0.344. The first-order valence-corrected chi connectivity index (χ1v) is 10.2. The molecule has 1 fully saturated rings. The maximum Gasteiger partial charge on any atom is 0.293 e. The lowest BCUT2D eigenvalue weighted by atomic mass is 10.2. The monoisotopic (exact) mass is 446 g/mol. The molecule has 2 aromatic carbocycles. The van der Waals surface area contributed by atoms with E-state index in [-0.39, 0.29) is 36.7 Å². The minimum atomic E-state index is -0.387. The zero-order chi connectivity index (χ0) is 21.5. The van der Waals surface area contributed by atoms with Crippen LogP contribution < -0.4 is 14.8 Å². The van der Waals surface area contributed by atoms with Gasteiger partial charge in [-0.25, -0.2) is 0 Å². The topological polar surface area (TPSA) is 84.9 Å². The Morgan fingerprint density at radius 2 is 1.90 bits per heavy atom. The molecule has 0 unspecified atom stereocenters. The Kier molecular flexibility index (Phi) is 7.37. The van der Waals surface area contributed by atoms with Gasteiger partial charge in [0, 0.05) is 13.1 Å². The number of hydrogen-bond donors (Lipinski definition) is 1. The van der Waals surface area contributed by atoms with Crippen molar-refractivity contribution < 1.29 is 23.9 Å². The third-order valence-electron chi connectivity index (χ3n) is 4.14. The summed E-state index contributed by atoms with van der Waals surface area (Å²) in [6.45, 7) is -0.0238. The number of carbonyl (C=O) groups is 3. The second kappa shape index (κ2) is 10.2. The van der Waals surface area contributed by atoms with Gasteiger partial charge in [-0.1, -0.05) is 35.9 Å². The Bertz CT molecular complexity index is 978. The van der Waals surface area contributed by atoms with Crippen LogP contribution in [-0.4, -0.2) is 48.8 Å². The largest absolute Gasteiger partial charge is 0.497 e. The number of halogens is 1. The van der Waals surface area contributed by atoms with E-state index in [1.165, 1.54) is 0 Å². The third kappa shape index (κ3) is 5.55. The average Bonchev–Trinajstić information content (AvgIpc) is 3.01. The molecular weight excluding hydrogens is 428 g/mol. The van der Waals surface area contributed by atoms with E-state index in [1.807, 2.05) is 0 Å². The minimum absolute atomic E-state index is 0.0719. The number of nitrogens with zero attached hydrogens (tertiary/aromatic N) is 1. The lowest BCUT2D eigenvalue weighted by Gasteiger charge is -2.13. The highest BCUT2D eigenvalue weighted by molar-refractivity contribution is 8.18. The van der Waals surface area contributed by atoms with Crippen LogP contribution in [0.15, 0.2) is 53.4 Å². The van der Waals surface area contributed by atoms with Gasteiger partial charge >= 0.3 is 0 Å². The van der Waals surface area contributed by atoms with E-state index in [1.54, 1.807) is 61.7 Å². The molecule has 0 atom stereocenters. The number of carbonyl (C=O) groups excluding carboxylic acids is 3. The molecule has 0 bridgehead atoms. The number of methoxy groups -OCH3 is 1. The number of nitrogens with one attached hydrogen (secondary N) is 1. The lowest BCUT2D eigenvalue weighted by molar-refractivity contribution is -0.125. The SMILES string of the molecule is COc1ccc(/C=C2\SC(=O)N(CCNC(=O)COc3ccccc3Cl)C2=O)cc1. The summed E-state index contributed by atoms with van der Waals surface area (Å²) in [5, 5.41) is 2.66. The number of imide groups is 1. The Hall–Kier alpha value is -2.97. The normalized spacial score (nSPS) is 14.9. The Labute approximate surface area is 183 Å². The van der Waals surface area contributed by atoms with Crippen LogP contribution >= 0.6 is 23.4 Å². The van der Waals surface area contributed by atoms with Gasteiger partial charge in [0.15, 0.2) is 6.61 Å². The van der Waals surface area contributed by atoms with Crippen LogP contribution in [0.2, 0.25) is 5.02 Å². The molecule has 3 rings (SSSR count). The van der Waals surface area contributed by atoms with Gasteiger partial charge in [-0.3, -0.25) is 19.3 Å². The summed E-state index contributed by atoms with van der Waals surface area (Å²) in [6.07, 6.45) is 1.65. The highest BCUT2D eigenvalue weighted by Crippen LogP contribution is 2.32. The van der Waals surface area contributed by atoms with Gasteiger partial charge in [-0.05, 0) is 47.7 Å². The number of ether oxygens (including phenoxy) is 2. The molecule has 1 aliphatic rings. The quantitative estimate of drug-likeness (QED) is 0.624. The smallest absolute Gasteiger partial charge is 0.293 e. The fraction of sp³-hybridized carbons (Fsp3) is 0.190. The first kappa shape index (κ1) is 21.7. The Morgan fingerprint density at radius 3 is 2.60 bits per heavy atom. The molecule has 0 aromatic heterocycles. The zero-order valence-electron chi connectivity index (χ0n) is 16.1. The van der Waals surface area contributed by atoms with E-state index in [0.29, 0.717) is 21.4 Å². The number of rotatable bonds is 8. The second-order valence-electron chi connectivity index (χ2n) is 6.18. The first-order valence-electron chi connectivity index (χ1n) is 9.01. The van der Waals surface area contributed by atoms with E-state index >= 15 is 0 Å². The minimum Gasteiger partial charge on any atom is -0.497 e. The predicted octanol–water partition coefficient (Wildman–Crippen LogP) is 3.58. The third-order valence-corrected chi connectivity index (χ3v) is 5.36. The van der Waals surface area contributed by atoms with Crippen LogP contribution in [-0.2, 0) is 9.59 Å². The van der Waals surface area contributed by atoms with E-state index in [2.05, 4.69) is 5.32 Å². The molecule has 2 aromatic rings. The van der Waals surface area contributed by atoms with E-state index in [9.17, 15) is 14.4 Å². The predicted molar refractivity (Wildman–Crippen MR) is 116 cm³/mol. The van der Waals surface area contributed by atoms with Crippen LogP contribution in [0.3, 0.4) is 0 Å². The summed E-state index contributed by atoms with van der Waals surface area (Å²) in [6, 6.07) is 14.0. The van der Waals surface area contributed by atoms with E-state index < -0.39 is 0 Å². The van der Waals surface area contributed by atoms with Crippen molar-refractivity contribution in [3.05, 3.63) is 64.0 Å². The molecule has 0 spiro atoms. The Balaban J connectivity index is 1.48. The number of hydrogen-bond acceptors (Lipinski definition) is 6. The number of amides is 3. The van der Waals surface area contributed by atoms with E-state index in [4.69, 9.17) is 21.1 Å². The van der Waals surface area contributed by atoms with Crippen LogP contribution in [0, 0.1) is 0 Å². The van der Waals surface area contributed by atoms with Crippen molar-refractivity contribution in [1.82, 2.24) is 10.2 Å². The number of para-hydroxylation sites is 1. The zero-order valence-corrected chi connectivity index (χ0v) is 17.7. The number of thioether (sulfide) groups is 1. The van der Waals surface area contributed by atoms with Gasteiger partial charge in [0.05, 0.1) is 17.0 Å². The maximum absolute atomic E-state index is 12.5. The van der Waals surface area contributed by atoms with Gasteiger partial charge in [-0.2, -0.15) is 0 Å². The van der Waals surface area contributed by atoms with Crippen LogP contribution in [0.25, 0.3) is 6.08 Å². The van der Waals surface area contributed by atoms with Gasteiger partial charge in [-0.15, -0.1) is 0 Å². The molecule has 0 aliphatic carbocycles. The fourth-order valence-corrected chi connectivity index (χ4v) is 3.66. The molecule has 7 nitrogen and oxygen atoms in total. The first-order chi connectivity index (χ1) is 14.5. The molecule has 1 N–H and O–H groups in total. The van der Waals surface area contributed by atoms with Crippen molar-refractivity contribution >= 4 is 46.5 Å². The van der Waals surface area contributed by atoms with Gasteiger partial charge < -0.3 is 14.8 Å². The molecule has 1 heterocycles. The number of benzene rings is 2. The molecule has 156 valence electrons. The highest BCUT2D eigenvalue weighted by atomic mass is 35.5. The maximum atomic E-state index is 12.5. The van der Waals surface area contributed by atoms with Crippen LogP contribution in [0.5, 0.6) is 11.5 Å². The van der Waals surface area contributed by atoms with Crippen molar-refractivity contribution in [2.75, 3.05) is 26.8 Å². The fourth-order valence-electron chi connectivity index (χ4n) is 2.61. The average molecular weight is 447 g/mol. The molecule has 3 amide bonds. The summed E-state index contributed by atoms with van der Waals surface area (Å²) in [7, 11) is 1.57. The van der Waals surface area contributed by atoms with Crippen LogP contribution in [0.4, 0.5) is 4.79 Å². The van der Waals surface area contributed by atoms with Gasteiger partial charge in [0.25, 0.3) is 17.1 Å². The summed E-state index contributed by atoms with van der Waals surface area (Å²) in [4.78, 5) is 38.0. The molecular formula is C21H19ClN2O5S. The van der Waals surface area contributed by atoms with Crippen molar-refractivity contribution in [3.63, 3.8) is 0 Å². The van der Waals surface area contributed by atoms with Crippen molar-refractivity contribution in [1.29, 1.82) is 0 Å². The highest BCUT2D eigenvalue weighted by Gasteiger charge is 2.34. The van der Waals surface area contributed by atoms with Gasteiger partial charge in [0.2, 0.25) is 0 Å². The summed E-state index contributed by atoms with van der Waals surface area (Å²) in [5.41, 5.74) is 0.784. The van der Waals surface area contributed by atoms with E-state index in [0.717, 1.165) is 22.2 Å². The Morgan fingerprint density at radius 1 is 1.17 bits per heavy atom. The standard InChI is InChI=1S/C21H19ClN2O5S/c1-28-15-8-6-14(7-9-15)12-18-20(26)24(21(27)30-18)11-10-23-19(25)13-29-17-5-3-2-4-16(17)22/h2-9,12H,10-11,13H2,1H3,(H,23,25)/b18-12-. The van der Waals surface area contributed by atoms with Crippen molar-refractivity contribution in [2.45, 2.75) is 0 Å². The lowest BCUT2D eigenvalue weighted by Crippen LogP contribution is -2.38. The second-order valence-corrected chi connectivity index (χ2v) is 7.58. The molecule has 30 heavy (non-hydrogen) atoms. The van der Waals surface area contributed by atoms with Gasteiger partial charge in [0.1, 0.15) is 11.5 Å².